The molecule has 0 aromatic heterocycles. The molecule has 0 spiro atoms. The lowest BCUT2D eigenvalue weighted by Crippen LogP contribution is -2.61. The Balaban J connectivity index is 2.84. The van der Waals surface area contributed by atoms with Gasteiger partial charge < -0.3 is 9.94 Å². The normalized spacial score (nSPS) is 35.0. The Kier molecular flexibility index (Phi) is 2.23. The third kappa shape index (κ3) is 1.63. The minimum Gasteiger partial charge on any atom is -0.356 e. The maximum Gasteiger partial charge on any atom is 0.139 e. The summed E-state index contributed by atoms with van der Waals surface area (Å²) in [4.78, 5) is 0. The third-order valence-corrected chi connectivity index (χ3v) is 2.36. The first-order valence-electron chi connectivity index (χ1n) is 4.43. The van der Waals surface area contributed by atoms with Gasteiger partial charge in [0.25, 0.3) is 0 Å². The molecular formula is C9H19NO2. The Bertz CT molecular complexity index is 159. The summed E-state index contributed by atoms with van der Waals surface area (Å²) in [6.45, 7) is 9.84. The number of hydrogen-bond donors (Lipinski definition) is 1. The first kappa shape index (κ1) is 9.96. The predicted octanol–water partition coefficient (Wildman–Crippen LogP) is 2.00. The van der Waals surface area contributed by atoms with Crippen molar-refractivity contribution in [1.82, 2.24) is 5.06 Å². The van der Waals surface area contributed by atoms with Gasteiger partial charge in [0.2, 0.25) is 0 Å². The molecule has 0 aromatic rings. The molecule has 1 atom stereocenters. The molecule has 0 aliphatic carbocycles. The Labute approximate surface area is 74.3 Å². The highest BCUT2D eigenvalue weighted by atomic mass is 16.6. The minimum atomic E-state index is -0.568. The van der Waals surface area contributed by atoms with Crippen molar-refractivity contribution in [2.24, 2.45) is 0 Å². The van der Waals surface area contributed by atoms with Gasteiger partial charge in [-0.25, -0.2) is 0 Å². The number of rotatable bonds is 0. The molecule has 0 aromatic carbocycles. The summed E-state index contributed by atoms with van der Waals surface area (Å²) in [5.74, 6) is 0. The zero-order chi connectivity index (χ0) is 9.57. The average molecular weight is 173 g/mol. The highest BCUT2D eigenvalue weighted by molar-refractivity contribution is 4.88. The lowest BCUT2D eigenvalue weighted by Gasteiger charge is -2.50. The minimum absolute atomic E-state index is 0.193. The molecule has 1 heterocycles. The van der Waals surface area contributed by atoms with Gasteiger partial charge in [-0.15, -0.1) is 0 Å². The van der Waals surface area contributed by atoms with Gasteiger partial charge in [0.15, 0.2) is 0 Å². The number of hydroxylamine groups is 2. The average Bonchev–Trinajstić information content (AvgIpc) is 1.80. The summed E-state index contributed by atoms with van der Waals surface area (Å²) >= 11 is 0. The van der Waals surface area contributed by atoms with E-state index >= 15 is 0 Å². The molecule has 12 heavy (non-hydrogen) atoms. The summed E-state index contributed by atoms with van der Waals surface area (Å²) in [5, 5.41) is 11.1. The quantitative estimate of drug-likeness (QED) is 0.608. The van der Waals surface area contributed by atoms with E-state index in [1.54, 1.807) is 0 Å². The van der Waals surface area contributed by atoms with Crippen LogP contribution in [0.3, 0.4) is 0 Å². The lowest BCUT2D eigenvalue weighted by atomic mass is 9.92. The van der Waals surface area contributed by atoms with Crippen molar-refractivity contribution in [2.75, 3.05) is 0 Å². The Morgan fingerprint density at radius 2 is 1.83 bits per heavy atom. The molecule has 3 heteroatoms. The van der Waals surface area contributed by atoms with Gasteiger partial charge in [0.1, 0.15) is 5.72 Å². The zero-order valence-corrected chi connectivity index (χ0v) is 8.59. The smallest absolute Gasteiger partial charge is 0.139 e. The van der Waals surface area contributed by atoms with Crippen molar-refractivity contribution in [3.8, 4) is 0 Å². The van der Waals surface area contributed by atoms with E-state index in [-0.39, 0.29) is 11.6 Å². The second-order valence-electron chi connectivity index (χ2n) is 4.70. The van der Waals surface area contributed by atoms with E-state index in [9.17, 15) is 5.21 Å². The van der Waals surface area contributed by atoms with Crippen molar-refractivity contribution < 1.29 is 9.94 Å². The molecule has 3 nitrogen and oxygen atoms in total. The van der Waals surface area contributed by atoms with E-state index in [1.807, 2.05) is 34.6 Å². The SMILES string of the molecule is CC1CC(C)(C)N(O)C(C)(C)O1. The molecule has 1 aliphatic heterocycles. The van der Waals surface area contributed by atoms with Crippen molar-refractivity contribution in [1.29, 1.82) is 0 Å². The molecule has 1 rings (SSSR count). The van der Waals surface area contributed by atoms with Crippen molar-refractivity contribution in [3.05, 3.63) is 0 Å². The van der Waals surface area contributed by atoms with E-state index in [0.29, 0.717) is 0 Å². The first-order valence-corrected chi connectivity index (χ1v) is 4.43. The van der Waals surface area contributed by atoms with Crippen LogP contribution in [0.2, 0.25) is 0 Å². The number of nitrogens with zero attached hydrogens (tertiary/aromatic N) is 1. The van der Waals surface area contributed by atoms with Gasteiger partial charge in [-0.2, -0.15) is 5.06 Å². The largest absolute Gasteiger partial charge is 0.356 e. The monoisotopic (exact) mass is 173 g/mol. The Morgan fingerprint density at radius 1 is 1.33 bits per heavy atom. The van der Waals surface area contributed by atoms with Gasteiger partial charge in [-0.05, 0) is 41.0 Å². The molecule has 0 amide bonds. The molecule has 0 radical (unpaired) electrons. The molecule has 1 unspecified atom stereocenters. The number of ether oxygens (including phenoxy) is 1. The maximum absolute atomic E-state index is 9.79. The Morgan fingerprint density at radius 3 is 2.25 bits per heavy atom. The van der Waals surface area contributed by atoms with E-state index in [2.05, 4.69) is 0 Å². The molecule has 72 valence electrons. The van der Waals surface area contributed by atoms with Crippen LogP contribution >= 0.6 is 0 Å². The summed E-state index contributed by atoms with van der Waals surface area (Å²) in [5.41, 5.74) is -0.762. The first-order chi connectivity index (χ1) is 5.26. The second-order valence-corrected chi connectivity index (χ2v) is 4.70. The van der Waals surface area contributed by atoms with Crippen LogP contribution in [0.4, 0.5) is 0 Å². The summed E-state index contributed by atoms with van der Waals surface area (Å²) in [6.07, 6.45) is 1.06. The molecule has 0 bridgehead atoms. The van der Waals surface area contributed by atoms with Gasteiger partial charge in [-0.1, -0.05) is 0 Å². The highest BCUT2D eigenvalue weighted by Gasteiger charge is 2.44. The fourth-order valence-corrected chi connectivity index (χ4v) is 2.10. The summed E-state index contributed by atoms with van der Waals surface area (Å²) < 4.78 is 5.60. The lowest BCUT2D eigenvalue weighted by molar-refractivity contribution is -0.351. The summed E-state index contributed by atoms with van der Waals surface area (Å²) in [6, 6.07) is 0. The third-order valence-electron chi connectivity index (χ3n) is 2.36. The van der Waals surface area contributed by atoms with E-state index in [4.69, 9.17) is 4.74 Å². The van der Waals surface area contributed by atoms with E-state index in [1.165, 1.54) is 5.06 Å². The topological polar surface area (TPSA) is 32.7 Å². The van der Waals surface area contributed by atoms with Crippen LogP contribution in [0, 0.1) is 0 Å². The zero-order valence-electron chi connectivity index (χ0n) is 8.59. The molecule has 0 saturated carbocycles. The van der Waals surface area contributed by atoms with Gasteiger partial charge in [0.05, 0.1) is 6.10 Å². The standard InChI is InChI=1S/C9H19NO2/c1-7-6-8(2,3)10(11)9(4,5)12-7/h7,11H,6H2,1-5H3. The van der Waals surface area contributed by atoms with Gasteiger partial charge in [-0.3, -0.25) is 0 Å². The molecule has 1 saturated heterocycles. The molecule has 1 N–H and O–H groups in total. The van der Waals surface area contributed by atoms with Crippen LogP contribution in [0.5, 0.6) is 0 Å². The van der Waals surface area contributed by atoms with Gasteiger partial charge in [0, 0.05) is 5.54 Å². The predicted molar refractivity (Wildman–Crippen MR) is 46.9 cm³/mol. The van der Waals surface area contributed by atoms with Crippen molar-refractivity contribution in [2.45, 2.75) is 58.4 Å². The van der Waals surface area contributed by atoms with Crippen LogP contribution in [0.1, 0.15) is 41.0 Å². The van der Waals surface area contributed by atoms with E-state index < -0.39 is 5.72 Å². The fourth-order valence-electron chi connectivity index (χ4n) is 2.10. The molecule has 1 aliphatic rings. The number of hydrogen-bond acceptors (Lipinski definition) is 3. The summed E-state index contributed by atoms with van der Waals surface area (Å²) in [7, 11) is 0. The van der Waals surface area contributed by atoms with Crippen molar-refractivity contribution >= 4 is 0 Å². The molecule has 1 fully saturated rings. The molecular weight excluding hydrogens is 154 g/mol. The fraction of sp³-hybridized carbons (Fsp3) is 1.00. The highest BCUT2D eigenvalue weighted by Crippen LogP contribution is 2.34. The van der Waals surface area contributed by atoms with Crippen LogP contribution in [0.25, 0.3) is 0 Å². The van der Waals surface area contributed by atoms with Crippen LogP contribution in [-0.2, 0) is 4.74 Å². The van der Waals surface area contributed by atoms with Crippen LogP contribution < -0.4 is 0 Å². The van der Waals surface area contributed by atoms with Gasteiger partial charge >= 0.3 is 0 Å². The second kappa shape index (κ2) is 2.69. The van der Waals surface area contributed by atoms with Crippen molar-refractivity contribution in [3.63, 3.8) is 0 Å². The van der Waals surface area contributed by atoms with Crippen LogP contribution in [0.15, 0.2) is 0 Å². The van der Waals surface area contributed by atoms with E-state index in [0.717, 1.165) is 6.42 Å². The maximum atomic E-state index is 9.79. The Hall–Kier alpha value is -0.120. The van der Waals surface area contributed by atoms with Crippen LogP contribution in [-0.4, -0.2) is 27.6 Å².